The van der Waals surface area contributed by atoms with E-state index in [1.807, 2.05) is 0 Å². The van der Waals surface area contributed by atoms with Crippen LogP contribution in [0.15, 0.2) is 6.33 Å². The van der Waals surface area contributed by atoms with Gasteiger partial charge in [-0.05, 0) is 25.7 Å². The third-order valence-corrected chi connectivity index (χ3v) is 3.94. The Kier molecular flexibility index (Phi) is 1.49. The molecule has 1 atom stereocenters. The molecule has 1 aliphatic rings. The first kappa shape index (κ1) is 8.31. The summed E-state index contributed by atoms with van der Waals surface area (Å²) in [6, 6.07) is 0. The van der Waals surface area contributed by atoms with E-state index in [9.17, 15) is 0 Å². The van der Waals surface area contributed by atoms with Gasteiger partial charge in [0, 0.05) is 0 Å². The smallest absolute Gasteiger partial charge is 0.234 e. The molecule has 0 spiro atoms. The molecule has 1 fully saturated rings. The van der Waals surface area contributed by atoms with Gasteiger partial charge in [0.05, 0.1) is 5.54 Å². The number of hydrogen-bond donors (Lipinski definition) is 1. The van der Waals surface area contributed by atoms with Crippen LogP contribution in [-0.4, -0.2) is 19.8 Å². The van der Waals surface area contributed by atoms with Crippen LogP contribution in [0.25, 0.3) is 4.96 Å². The fraction of sp³-hybridized carbons (Fsp3) is 0.625. The molecule has 2 heterocycles. The third kappa shape index (κ3) is 1.07. The van der Waals surface area contributed by atoms with Crippen LogP contribution in [0.1, 0.15) is 24.8 Å². The lowest BCUT2D eigenvalue weighted by molar-refractivity contribution is 0.420. The molecule has 6 heteroatoms. The molecule has 0 aliphatic heterocycles. The molecule has 74 valence electrons. The van der Waals surface area contributed by atoms with E-state index in [0.29, 0.717) is 5.92 Å². The molecule has 2 aromatic rings. The van der Waals surface area contributed by atoms with Gasteiger partial charge in [-0.2, -0.15) is 9.61 Å². The zero-order chi connectivity index (χ0) is 9.76. The minimum atomic E-state index is -0.286. The Morgan fingerprint density at radius 3 is 3.07 bits per heavy atom. The van der Waals surface area contributed by atoms with Crippen molar-refractivity contribution in [2.24, 2.45) is 11.7 Å². The molecule has 0 radical (unpaired) electrons. The van der Waals surface area contributed by atoms with Crippen LogP contribution in [0.4, 0.5) is 0 Å². The van der Waals surface area contributed by atoms with Crippen LogP contribution in [0.2, 0.25) is 0 Å². The fourth-order valence-electron chi connectivity index (χ4n) is 1.64. The summed E-state index contributed by atoms with van der Waals surface area (Å²) in [7, 11) is 0. The fourth-order valence-corrected chi connectivity index (χ4v) is 2.59. The highest BCUT2D eigenvalue weighted by atomic mass is 32.1. The monoisotopic (exact) mass is 209 g/mol. The summed E-state index contributed by atoms with van der Waals surface area (Å²) < 4.78 is 1.69. The topological polar surface area (TPSA) is 69.1 Å². The Bertz CT molecular complexity index is 438. The van der Waals surface area contributed by atoms with Crippen LogP contribution < -0.4 is 5.73 Å². The van der Waals surface area contributed by atoms with Gasteiger partial charge in [-0.25, -0.2) is 0 Å². The van der Waals surface area contributed by atoms with Gasteiger partial charge in [0.2, 0.25) is 4.96 Å². The molecule has 5 nitrogen and oxygen atoms in total. The van der Waals surface area contributed by atoms with Crippen LogP contribution in [0.5, 0.6) is 0 Å². The second-order valence-electron chi connectivity index (χ2n) is 4.02. The van der Waals surface area contributed by atoms with Gasteiger partial charge >= 0.3 is 0 Å². The number of nitrogens with zero attached hydrogens (tertiary/aromatic N) is 4. The number of hydrogen-bond acceptors (Lipinski definition) is 5. The van der Waals surface area contributed by atoms with Crippen molar-refractivity contribution >= 4 is 16.3 Å². The molecule has 0 aromatic carbocycles. The van der Waals surface area contributed by atoms with Crippen molar-refractivity contribution in [2.45, 2.75) is 25.3 Å². The summed E-state index contributed by atoms with van der Waals surface area (Å²) in [6.07, 6.45) is 4.04. The number of nitrogens with two attached hydrogens (primary N) is 1. The maximum Gasteiger partial charge on any atom is 0.234 e. The molecule has 14 heavy (non-hydrogen) atoms. The molecule has 2 N–H and O–H groups in total. The number of rotatable bonds is 2. The summed E-state index contributed by atoms with van der Waals surface area (Å²) in [5.41, 5.74) is 5.97. The highest BCUT2D eigenvalue weighted by molar-refractivity contribution is 7.16. The molecule has 1 aliphatic carbocycles. The highest BCUT2D eigenvalue weighted by Crippen LogP contribution is 2.44. The molecule has 1 unspecified atom stereocenters. The van der Waals surface area contributed by atoms with Crippen molar-refractivity contribution in [2.75, 3.05) is 0 Å². The molecule has 0 amide bonds. The first-order valence-corrected chi connectivity index (χ1v) is 5.46. The summed E-state index contributed by atoms with van der Waals surface area (Å²) in [5, 5.41) is 13.1. The lowest BCUT2D eigenvalue weighted by atomic mass is 9.99. The maximum absolute atomic E-state index is 6.25. The Balaban J connectivity index is 2.08. The zero-order valence-corrected chi connectivity index (χ0v) is 8.66. The third-order valence-electron chi connectivity index (χ3n) is 2.77. The Morgan fingerprint density at radius 2 is 2.43 bits per heavy atom. The highest BCUT2D eigenvalue weighted by Gasteiger charge is 2.42. The summed E-state index contributed by atoms with van der Waals surface area (Å²) in [4.78, 5) is 0.817. The predicted octanol–water partition coefficient (Wildman–Crippen LogP) is 0.770. The van der Waals surface area contributed by atoms with Crippen molar-refractivity contribution in [3.63, 3.8) is 0 Å². The normalized spacial score (nSPS) is 21.3. The molecular formula is C8H11N5S. The number of fused-ring (bicyclic) bond motifs is 1. The molecule has 1 saturated carbocycles. The van der Waals surface area contributed by atoms with Crippen molar-refractivity contribution < 1.29 is 0 Å². The Morgan fingerprint density at radius 1 is 1.64 bits per heavy atom. The summed E-state index contributed by atoms with van der Waals surface area (Å²) in [6.45, 7) is 2.05. The van der Waals surface area contributed by atoms with E-state index in [0.717, 1.165) is 9.97 Å². The first-order chi connectivity index (χ1) is 6.68. The first-order valence-electron chi connectivity index (χ1n) is 4.64. The Labute approximate surface area is 84.9 Å². The average molecular weight is 209 g/mol. The zero-order valence-electron chi connectivity index (χ0n) is 7.84. The predicted molar refractivity (Wildman–Crippen MR) is 52.9 cm³/mol. The van der Waals surface area contributed by atoms with Gasteiger partial charge < -0.3 is 5.73 Å². The molecule has 0 saturated heterocycles. The molecule has 0 bridgehead atoms. The van der Waals surface area contributed by atoms with Gasteiger partial charge in [0.15, 0.2) is 0 Å². The summed E-state index contributed by atoms with van der Waals surface area (Å²) >= 11 is 1.53. The standard InChI is InChI=1S/C8H11N5S/c1-8(9,5-2-3-5)6-12-13-4-10-11-7(13)14-6/h4-5H,2-3,9H2,1H3. The second-order valence-corrected chi connectivity index (χ2v) is 4.98. The second kappa shape index (κ2) is 2.52. The van der Waals surface area contributed by atoms with Crippen molar-refractivity contribution in [1.82, 2.24) is 19.8 Å². The molecule has 3 rings (SSSR count). The van der Waals surface area contributed by atoms with Gasteiger partial charge in [0.1, 0.15) is 11.3 Å². The van der Waals surface area contributed by atoms with Crippen LogP contribution >= 0.6 is 11.3 Å². The SMILES string of the molecule is CC(N)(c1nn2cnnc2s1)C1CC1. The molecule has 2 aromatic heterocycles. The van der Waals surface area contributed by atoms with Crippen molar-refractivity contribution in [1.29, 1.82) is 0 Å². The number of aromatic nitrogens is 4. The van der Waals surface area contributed by atoms with E-state index >= 15 is 0 Å². The van der Waals surface area contributed by atoms with Gasteiger partial charge in [-0.1, -0.05) is 11.3 Å². The van der Waals surface area contributed by atoms with Crippen LogP contribution in [-0.2, 0) is 5.54 Å². The minimum absolute atomic E-state index is 0.286. The maximum atomic E-state index is 6.25. The van der Waals surface area contributed by atoms with Crippen LogP contribution in [0.3, 0.4) is 0 Å². The van der Waals surface area contributed by atoms with Gasteiger partial charge in [0.25, 0.3) is 0 Å². The quantitative estimate of drug-likeness (QED) is 0.793. The van der Waals surface area contributed by atoms with Gasteiger partial charge in [-0.3, -0.25) is 0 Å². The van der Waals surface area contributed by atoms with E-state index in [-0.39, 0.29) is 5.54 Å². The van der Waals surface area contributed by atoms with E-state index in [2.05, 4.69) is 22.2 Å². The van der Waals surface area contributed by atoms with Crippen molar-refractivity contribution in [3.8, 4) is 0 Å². The van der Waals surface area contributed by atoms with E-state index in [1.165, 1.54) is 24.2 Å². The van der Waals surface area contributed by atoms with E-state index in [4.69, 9.17) is 5.73 Å². The Hall–Kier alpha value is -1.01. The summed E-state index contributed by atoms with van der Waals surface area (Å²) in [5.74, 6) is 0.589. The van der Waals surface area contributed by atoms with E-state index < -0.39 is 0 Å². The molecular weight excluding hydrogens is 198 g/mol. The van der Waals surface area contributed by atoms with E-state index in [1.54, 1.807) is 10.8 Å². The van der Waals surface area contributed by atoms with Crippen molar-refractivity contribution in [3.05, 3.63) is 11.3 Å². The average Bonchev–Trinajstić information content (AvgIpc) is 2.75. The largest absolute Gasteiger partial charge is 0.319 e. The van der Waals surface area contributed by atoms with Crippen LogP contribution in [0, 0.1) is 5.92 Å². The lowest BCUT2D eigenvalue weighted by Gasteiger charge is -2.20. The lowest BCUT2D eigenvalue weighted by Crippen LogP contribution is -2.35. The minimum Gasteiger partial charge on any atom is -0.319 e. The van der Waals surface area contributed by atoms with Gasteiger partial charge in [-0.15, -0.1) is 10.2 Å².